The summed E-state index contributed by atoms with van der Waals surface area (Å²) in [6.45, 7) is 6.56. The molecule has 5 nitrogen and oxygen atoms in total. The van der Waals surface area contributed by atoms with Gasteiger partial charge in [-0.1, -0.05) is 19.8 Å². The maximum absolute atomic E-state index is 12.5. The van der Waals surface area contributed by atoms with Crippen LogP contribution >= 0.6 is 0 Å². The Morgan fingerprint density at radius 3 is 2.47 bits per heavy atom. The van der Waals surface area contributed by atoms with Crippen LogP contribution in [0.25, 0.3) is 0 Å². The first kappa shape index (κ1) is 16.2. The van der Waals surface area contributed by atoms with E-state index >= 15 is 0 Å². The molecular weight excluding hydrogens is 264 g/mol. The number of nitrogens with two attached hydrogens (primary N) is 1. The summed E-state index contributed by atoms with van der Waals surface area (Å²) in [5.41, 5.74) is 5.44. The summed E-state index contributed by atoms with van der Waals surface area (Å²) < 4.78 is 31.7. The average Bonchev–Trinajstić information content (AvgIpc) is 2.83. The molecule has 1 heterocycles. The molecule has 1 aromatic rings. The summed E-state index contributed by atoms with van der Waals surface area (Å²) in [5.74, 6) is 0.482. The molecule has 1 aromatic heterocycles. The van der Waals surface area contributed by atoms with Crippen LogP contribution in [-0.4, -0.2) is 25.3 Å². The second-order valence-electron chi connectivity index (χ2n) is 4.84. The van der Waals surface area contributed by atoms with Crippen LogP contribution < -0.4 is 5.73 Å². The van der Waals surface area contributed by atoms with E-state index in [1.165, 1.54) is 10.4 Å². The van der Waals surface area contributed by atoms with Gasteiger partial charge >= 0.3 is 0 Å². The van der Waals surface area contributed by atoms with Crippen molar-refractivity contribution >= 4 is 10.0 Å². The number of hydrogen-bond acceptors (Lipinski definition) is 4. The van der Waals surface area contributed by atoms with Crippen molar-refractivity contribution in [2.45, 2.75) is 57.7 Å². The highest BCUT2D eigenvalue weighted by Gasteiger charge is 2.29. The topological polar surface area (TPSA) is 76.5 Å². The molecule has 0 spiro atoms. The molecule has 2 N–H and O–H groups in total. The lowest BCUT2D eigenvalue weighted by Crippen LogP contribution is -2.37. The molecule has 0 aromatic carbocycles. The van der Waals surface area contributed by atoms with E-state index in [0.717, 1.165) is 19.3 Å². The Hall–Kier alpha value is -0.850. The largest absolute Gasteiger partial charge is 0.447 e. The fourth-order valence-electron chi connectivity index (χ4n) is 1.90. The van der Waals surface area contributed by atoms with Gasteiger partial charge in [-0.2, -0.15) is 4.31 Å². The normalized spacial score (nSPS) is 12.5. The molecule has 0 aliphatic heterocycles. The third kappa shape index (κ3) is 4.06. The summed E-state index contributed by atoms with van der Waals surface area (Å²) in [7, 11) is -3.56. The van der Waals surface area contributed by atoms with Crippen molar-refractivity contribution in [2.24, 2.45) is 5.73 Å². The first-order valence-corrected chi connectivity index (χ1v) is 8.18. The molecule has 0 bridgehead atoms. The molecule has 0 aliphatic carbocycles. The number of unbranched alkanes of at least 4 members (excludes halogenated alkanes) is 2. The van der Waals surface area contributed by atoms with Crippen molar-refractivity contribution in [1.82, 2.24) is 4.31 Å². The summed E-state index contributed by atoms with van der Waals surface area (Å²) in [6, 6.07) is 3.00. The third-order valence-electron chi connectivity index (χ3n) is 2.96. The maximum Gasteiger partial charge on any atom is 0.276 e. The number of nitrogens with zero attached hydrogens (tertiary/aromatic N) is 1. The molecule has 0 atom stereocenters. The van der Waals surface area contributed by atoms with Crippen molar-refractivity contribution in [3.05, 3.63) is 17.9 Å². The Morgan fingerprint density at radius 2 is 2.00 bits per heavy atom. The van der Waals surface area contributed by atoms with E-state index < -0.39 is 10.0 Å². The lowest BCUT2D eigenvalue weighted by atomic mass is 10.2. The van der Waals surface area contributed by atoms with Crippen LogP contribution in [0.2, 0.25) is 0 Å². The summed E-state index contributed by atoms with van der Waals surface area (Å²) in [6.07, 6.45) is 2.94. The summed E-state index contributed by atoms with van der Waals surface area (Å²) >= 11 is 0. The van der Waals surface area contributed by atoms with Gasteiger partial charge in [0.25, 0.3) is 10.0 Å². The monoisotopic (exact) mass is 288 g/mol. The van der Waals surface area contributed by atoms with Gasteiger partial charge in [-0.05, 0) is 32.4 Å². The van der Waals surface area contributed by atoms with E-state index in [9.17, 15) is 8.42 Å². The lowest BCUT2D eigenvalue weighted by molar-refractivity contribution is 0.325. The van der Waals surface area contributed by atoms with Crippen LogP contribution in [0.1, 0.15) is 45.8 Å². The Bertz CT molecular complexity index is 480. The minimum atomic E-state index is -3.56. The maximum atomic E-state index is 12.5. The van der Waals surface area contributed by atoms with Gasteiger partial charge in [0.15, 0.2) is 0 Å². The number of rotatable bonds is 8. The van der Waals surface area contributed by atoms with Crippen LogP contribution in [0.5, 0.6) is 0 Å². The molecule has 6 heteroatoms. The van der Waals surface area contributed by atoms with E-state index in [4.69, 9.17) is 10.2 Å². The Kier molecular flexibility index (Phi) is 6.03. The highest BCUT2D eigenvalue weighted by Crippen LogP contribution is 2.21. The van der Waals surface area contributed by atoms with Crippen molar-refractivity contribution in [2.75, 3.05) is 6.54 Å². The molecule has 0 saturated carbocycles. The van der Waals surface area contributed by atoms with Gasteiger partial charge in [-0.25, -0.2) is 8.42 Å². The third-order valence-corrected chi connectivity index (χ3v) is 4.91. The van der Waals surface area contributed by atoms with Crippen LogP contribution in [0.3, 0.4) is 0 Å². The van der Waals surface area contributed by atoms with Gasteiger partial charge in [0.1, 0.15) is 5.76 Å². The van der Waals surface area contributed by atoms with Gasteiger partial charge < -0.3 is 10.2 Å². The molecule has 110 valence electrons. The molecule has 0 fully saturated rings. The van der Waals surface area contributed by atoms with Crippen molar-refractivity contribution in [3.8, 4) is 0 Å². The summed E-state index contributed by atoms with van der Waals surface area (Å²) in [4.78, 5) is 0. The van der Waals surface area contributed by atoms with Crippen LogP contribution in [-0.2, 0) is 16.6 Å². The summed E-state index contributed by atoms with van der Waals surface area (Å²) in [5, 5.41) is -0.0156. The Labute approximate surface area is 115 Å². The number of furan rings is 1. The van der Waals surface area contributed by atoms with Crippen molar-refractivity contribution < 1.29 is 12.8 Å². The zero-order chi connectivity index (χ0) is 14.5. The molecule has 0 saturated heterocycles. The molecule has 0 aliphatic rings. The zero-order valence-corrected chi connectivity index (χ0v) is 12.7. The molecule has 0 amide bonds. The van der Waals surface area contributed by atoms with Crippen LogP contribution in [0.4, 0.5) is 0 Å². The van der Waals surface area contributed by atoms with Gasteiger partial charge in [0.2, 0.25) is 5.09 Å². The molecule has 19 heavy (non-hydrogen) atoms. The first-order chi connectivity index (χ1) is 8.93. The van der Waals surface area contributed by atoms with Crippen molar-refractivity contribution in [1.29, 1.82) is 0 Å². The predicted molar refractivity (Wildman–Crippen MR) is 75.2 cm³/mol. The highest BCUT2D eigenvalue weighted by molar-refractivity contribution is 7.89. The lowest BCUT2D eigenvalue weighted by Gasteiger charge is -2.24. The Morgan fingerprint density at radius 1 is 1.32 bits per heavy atom. The number of sulfonamides is 1. The van der Waals surface area contributed by atoms with Crippen molar-refractivity contribution in [3.63, 3.8) is 0 Å². The van der Waals surface area contributed by atoms with E-state index in [2.05, 4.69) is 6.92 Å². The zero-order valence-electron chi connectivity index (χ0n) is 11.9. The van der Waals surface area contributed by atoms with Gasteiger partial charge in [-0.3, -0.25) is 0 Å². The average molecular weight is 288 g/mol. The molecule has 1 rings (SSSR count). The predicted octanol–water partition coefficient (Wildman–Crippen LogP) is 2.33. The van der Waals surface area contributed by atoms with Gasteiger partial charge in [-0.15, -0.1) is 0 Å². The molecule has 0 radical (unpaired) electrons. The van der Waals surface area contributed by atoms with Crippen LogP contribution in [0.15, 0.2) is 21.6 Å². The molecule has 0 unspecified atom stereocenters. The quantitative estimate of drug-likeness (QED) is 0.745. The highest BCUT2D eigenvalue weighted by atomic mass is 32.2. The van der Waals surface area contributed by atoms with E-state index in [-0.39, 0.29) is 17.7 Å². The second-order valence-corrected chi connectivity index (χ2v) is 6.66. The number of hydrogen-bond donors (Lipinski definition) is 1. The fraction of sp³-hybridized carbons (Fsp3) is 0.692. The first-order valence-electron chi connectivity index (χ1n) is 6.74. The van der Waals surface area contributed by atoms with Crippen LogP contribution in [0, 0.1) is 0 Å². The SMILES string of the molecule is CCCCCN(C(C)C)S(=O)(=O)c1ccc(CN)o1. The minimum Gasteiger partial charge on any atom is -0.447 e. The Balaban J connectivity index is 2.92. The standard InChI is InChI=1S/C13H24N2O3S/c1-4-5-6-9-15(11(2)3)19(16,17)13-8-7-12(10-14)18-13/h7-8,11H,4-6,9-10,14H2,1-3H3. The van der Waals surface area contributed by atoms with E-state index in [0.29, 0.717) is 12.3 Å². The van der Waals surface area contributed by atoms with Gasteiger partial charge in [0.05, 0.1) is 6.54 Å². The van der Waals surface area contributed by atoms with Gasteiger partial charge in [0, 0.05) is 12.6 Å². The smallest absolute Gasteiger partial charge is 0.276 e. The second kappa shape index (κ2) is 7.07. The van der Waals surface area contributed by atoms with E-state index in [1.54, 1.807) is 6.07 Å². The fourth-order valence-corrected chi connectivity index (χ4v) is 3.50. The van der Waals surface area contributed by atoms with E-state index in [1.807, 2.05) is 13.8 Å². The molecular formula is C13H24N2O3S. The minimum absolute atomic E-state index is 0.0156.